The van der Waals surface area contributed by atoms with Crippen molar-refractivity contribution < 1.29 is 19.0 Å². The highest BCUT2D eigenvalue weighted by molar-refractivity contribution is 5.74. The van der Waals surface area contributed by atoms with Gasteiger partial charge in [0.15, 0.2) is 0 Å². The highest BCUT2D eigenvalue weighted by Crippen LogP contribution is 2.32. The lowest BCUT2D eigenvalue weighted by molar-refractivity contribution is 0.177. The fraction of sp³-hybridized carbons (Fsp3) is 0.562. The van der Waals surface area contributed by atoms with Crippen molar-refractivity contribution in [2.24, 2.45) is 0 Å². The van der Waals surface area contributed by atoms with E-state index in [0.29, 0.717) is 26.2 Å². The summed E-state index contributed by atoms with van der Waals surface area (Å²) in [5, 5.41) is 2.85. The van der Waals surface area contributed by atoms with Gasteiger partial charge in [0.2, 0.25) is 0 Å². The number of benzene rings is 1. The molecule has 1 aromatic rings. The quantitative estimate of drug-likeness (QED) is 0.797. The van der Waals surface area contributed by atoms with Crippen molar-refractivity contribution in [3.63, 3.8) is 0 Å². The van der Waals surface area contributed by atoms with E-state index in [4.69, 9.17) is 14.2 Å². The number of nitrogens with zero attached hydrogens (tertiary/aromatic N) is 2. The summed E-state index contributed by atoms with van der Waals surface area (Å²) in [6, 6.07) is 5.75. The molecule has 0 saturated carbocycles. The zero-order chi connectivity index (χ0) is 16.7. The van der Waals surface area contributed by atoms with E-state index in [1.54, 1.807) is 21.3 Å². The topological polar surface area (TPSA) is 63.3 Å². The van der Waals surface area contributed by atoms with Gasteiger partial charge >= 0.3 is 6.03 Å². The monoisotopic (exact) mass is 323 g/mol. The van der Waals surface area contributed by atoms with Crippen LogP contribution in [0.4, 0.5) is 10.5 Å². The highest BCUT2D eigenvalue weighted by atomic mass is 16.5. The number of nitrogens with one attached hydrogen (secondary N) is 1. The molecular formula is C16H25N3O4. The molecule has 7 heteroatoms. The number of rotatable bonds is 6. The van der Waals surface area contributed by atoms with E-state index in [-0.39, 0.29) is 6.03 Å². The van der Waals surface area contributed by atoms with Crippen molar-refractivity contribution in [2.45, 2.75) is 0 Å². The van der Waals surface area contributed by atoms with Crippen molar-refractivity contribution in [2.75, 3.05) is 65.6 Å². The molecule has 0 aromatic heterocycles. The van der Waals surface area contributed by atoms with Crippen molar-refractivity contribution in [1.82, 2.24) is 10.2 Å². The minimum Gasteiger partial charge on any atom is -0.497 e. The Morgan fingerprint density at radius 2 is 1.87 bits per heavy atom. The first-order valence-corrected chi connectivity index (χ1v) is 7.68. The molecule has 1 heterocycles. The average molecular weight is 323 g/mol. The number of anilines is 1. The molecule has 1 aliphatic heterocycles. The van der Waals surface area contributed by atoms with Gasteiger partial charge in [-0.2, -0.15) is 0 Å². The van der Waals surface area contributed by atoms with Gasteiger partial charge in [-0.15, -0.1) is 0 Å². The molecule has 0 radical (unpaired) electrons. The number of amides is 2. The molecule has 1 fully saturated rings. The molecule has 0 unspecified atom stereocenters. The lowest BCUT2D eigenvalue weighted by Gasteiger charge is -2.36. The summed E-state index contributed by atoms with van der Waals surface area (Å²) >= 11 is 0. The summed E-state index contributed by atoms with van der Waals surface area (Å²) in [5.41, 5.74) is 1.02. The molecule has 7 nitrogen and oxygen atoms in total. The molecule has 0 bridgehead atoms. The third-order valence-corrected chi connectivity index (χ3v) is 3.88. The molecule has 128 valence electrons. The second-order valence-electron chi connectivity index (χ2n) is 5.24. The third-order valence-electron chi connectivity index (χ3n) is 3.88. The van der Waals surface area contributed by atoms with Crippen LogP contribution in [-0.2, 0) is 4.74 Å². The number of hydrogen-bond donors (Lipinski definition) is 1. The first kappa shape index (κ1) is 17.2. The van der Waals surface area contributed by atoms with Gasteiger partial charge < -0.3 is 29.3 Å². The number of ether oxygens (including phenoxy) is 3. The van der Waals surface area contributed by atoms with Gasteiger partial charge in [-0.3, -0.25) is 0 Å². The number of methoxy groups -OCH3 is 3. The third kappa shape index (κ3) is 4.41. The second-order valence-corrected chi connectivity index (χ2v) is 5.24. The lowest BCUT2D eigenvalue weighted by atomic mass is 10.2. The maximum atomic E-state index is 12.0. The Morgan fingerprint density at radius 1 is 1.13 bits per heavy atom. The number of urea groups is 1. The van der Waals surface area contributed by atoms with E-state index >= 15 is 0 Å². The van der Waals surface area contributed by atoms with Crippen LogP contribution in [0.25, 0.3) is 0 Å². The average Bonchev–Trinajstić information content (AvgIpc) is 2.61. The van der Waals surface area contributed by atoms with Crippen molar-refractivity contribution >= 4 is 11.7 Å². The molecule has 1 N–H and O–H groups in total. The largest absolute Gasteiger partial charge is 0.497 e. The van der Waals surface area contributed by atoms with E-state index < -0.39 is 0 Å². The zero-order valence-corrected chi connectivity index (χ0v) is 14.0. The summed E-state index contributed by atoms with van der Waals surface area (Å²) in [6.07, 6.45) is 0. The predicted octanol–water partition coefficient (Wildman–Crippen LogP) is 1.18. The Kier molecular flexibility index (Phi) is 6.34. The number of hydrogen-bond acceptors (Lipinski definition) is 5. The van der Waals surface area contributed by atoms with E-state index in [2.05, 4.69) is 10.2 Å². The maximum absolute atomic E-state index is 12.0. The van der Waals surface area contributed by atoms with Crippen LogP contribution in [0.1, 0.15) is 0 Å². The Morgan fingerprint density at radius 3 is 2.48 bits per heavy atom. The molecule has 23 heavy (non-hydrogen) atoms. The molecule has 1 saturated heterocycles. The smallest absolute Gasteiger partial charge is 0.317 e. The highest BCUT2D eigenvalue weighted by Gasteiger charge is 2.22. The summed E-state index contributed by atoms with van der Waals surface area (Å²) in [4.78, 5) is 16.1. The summed E-state index contributed by atoms with van der Waals surface area (Å²) in [5.74, 6) is 1.55. The van der Waals surface area contributed by atoms with Crippen molar-refractivity contribution in [3.05, 3.63) is 18.2 Å². The fourth-order valence-electron chi connectivity index (χ4n) is 2.57. The van der Waals surface area contributed by atoms with Crippen LogP contribution >= 0.6 is 0 Å². The Balaban J connectivity index is 1.92. The molecule has 0 spiro atoms. The van der Waals surface area contributed by atoms with Crippen LogP contribution in [0, 0.1) is 0 Å². The lowest BCUT2D eigenvalue weighted by Crippen LogP contribution is -2.52. The Hall–Kier alpha value is -2.15. The Labute approximate surface area is 137 Å². The molecule has 0 aliphatic carbocycles. The maximum Gasteiger partial charge on any atom is 0.317 e. The fourth-order valence-corrected chi connectivity index (χ4v) is 2.57. The van der Waals surface area contributed by atoms with Gasteiger partial charge in [-0.05, 0) is 12.1 Å². The summed E-state index contributed by atoms with van der Waals surface area (Å²) < 4.78 is 15.6. The van der Waals surface area contributed by atoms with Gasteiger partial charge in [0, 0.05) is 45.9 Å². The standard InChI is InChI=1S/C16H25N3O4/c1-21-11-6-17-16(20)19-9-7-18(8-10-19)14-5-4-13(22-2)12-15(14)23-3/h4-5,12H,6-11H2,1-3H3,(H,17,20). The molecule has 1 aromatic carbocycles. The van der Waals surface area contributed by atoms with E-state index in [1.807, 2.05) is 23.1 Å². The van der Waals surface area contributed by atoms with Crippen LogP contribution < -0.4 is 19.7 Å². The second kappa shape index (κ2) is 8.47. The molecule has 2 rings (SSSR count). The van der Waals surface area contributed by atoms with Crippen molar-refractivity contribution in [3.8, 4) is 11.5 Å². The van der Waals surface area contributed by atoms with Crippen LogP contribution in [0.3, 0.4) is 0 Å². The summed E-state index contributed by atoms with van der Waals surface area (Å²) in [7, 11) is 4.90. The van der Waals surface area contributed by atoms with Crippen LogP contribution in [0.5, 0.6) is 11.5 Å². The minimum absolute atomic E-state index is 0.0385. The summed E-state index contributed by atoms with van der Waals surface area (Å²) in [6.45, 7) is 3.93. The number of carbonyl (C=O) groups is 1. The Bertz CT molecular complexity index is 516. The van der Waals surface area contributed by atoms with Gasteiger partial charge in [0.1, 0.15) is 11.5 Å². The van der Waals surface area contributed by atoms with Gasteiger partial charge in [0.05, 0.1) is 26.5 Å². The molecular weight excluding hydrogens is 298 g/mol. The van der Waals surface area contributed by atoms with E-state index in [0.717, 1.165) is 30.3 Å². The first-order chi connectivity index (χ1) is 11.2. The molecule has 1 aliphatic rings. The van der Waals surface area contributed by atoms with Gasteiger partial charge in [0.25, 0.3) is 0 Å². The number of piperazine rings is 1. The SMILES string of the molecule is COCCNC(=O)N1CCN(c2ccc(OC)cc2OC)CC1. The van der Waals surface area contributed by atoms with Crippen LogP contribution in [0.2, 0.25) is 0 Å². The zero-order valence-electron chi connectivity index (χ0n) is 14.0. The first-order valence-electron chi connectivity index (χ1n) is 7.68. The van der Waals surface area contributed by atoms with Gasteiger partial charge in [-0.25, -0.2) is 4.79 Å². The van der Waals surface area contributed by atoms with Crippen LogP contribution in [0.15, 0.2) is 18.2 Å². The van der Waals surface area contributed by atoms with E-state index in [1.165, 1.54) is 0 Å². The van der Waals surface area contributed by atoms with E-state index in [9.17, 15) is 4.79 Å². The van der Waals surface area contributed by atoms with Crippen LogP contribution in [-0.4, -0.2) is 71.6 Å². The normalized spacial score (nSPS) is 14.6. The molecule has 2 amide bonds. The van der Waals surface area contributed by atoms with Crippen molar-refractivity contribution in [1.29, 1.82) is 0 Å². The predicted molar refractivity (Wildman–Crippen MR) is 88.6 cm³/mol. The number of carbonyl (C=O) groups excluding carboxylic acids is 1. The van der Waals surface area contributed by atoms with Gasteiger partial charge in [-0.1, -0.05) is 0 Å². The minimum atomic E-state index is -0.0385. The molecule has 0 atom stereocenters.